The molecular formula is C22H23N5O2S. The Labute approximate surface area is 177 Å². The number of aromatic nitrogens is 4. The maximum atomic E-state index is 11.6. The summed E-state index contributed by atoms with van der Waals surface area (Å²) < 4.78 is 25.6. The summed E-state index contributed by atoms with van der Waals surface area (Å²) >= 11 is 0. The van der Waals surface area contributed by atoms with E-state index in [-0.39, 0.29) is 0 Å². The van der Waals surface area contributed by atoms with E-state index in [0.29, 0.717) is 23.4 Å². The van der Waals surface area contributed by atoms with Crippen LogP contribution in [0, 0.1) is 18.8 Å². The van der Waals surface area contributed by atoms with Crippen molar-refractivity contribution >= 4 is 15.7 Å². The Bertz CT molecular complexity index is 1240. The second kappa shape index (κ2) is 9.01. The van der Waals surface area contributed by atoms with Gasteiger partial charge in [0, 0.05) is 29.2 Å². The predicted octanol–water partition coefficient (Wildman–Crippen LogP) is 3.14. The third kappa shape index (κ3) is 5.19. The van der Waals surface area contributed by atoms with E-state index in [9.17, 15) is 8.42 Å². The molecule has 0 aromatic carbocycles. The van der Waals surface area contributed by atoms with E-state index in [0.717, 1.165) is 40.9 Å². The van der Waals surface area contributed by atoms with Crippen molar-refractivity contribution in [3.05, 3.63) is 65.1 Å². The van der Waals surface area contributed by atoms with Crippen LogP contribution in [-0.2, 0) is 22.9 Å². The fraction of sp³-hybridized carbons (Fsp3) is 0.273. The van der Waals surface area contributed by atoms with Gasteiger partial charge in [-0.15, -0.1) is 0 Å². The Morgan fingerprint density at radius 2 is 1.83 bits per heavy atom. The summed E-state index contributed by atoms with van der Waals surface area (Å²) in [4.78, 5) is 17.5. The number of hydrogen-bond donors (Lipinski definition) is 1. The van der Waals surface area contributed by atoms with Gasteiger partial charge in [0.2, 0.25) is 10.0 Å². The van der Waals surface area contributed by atoms with Crippen molar-refractivity contribution in [2.24, 2.45) is 0 Å². The first-order valence-corrected chi connectivity index (χ1v) is 11.5. The van der Waals surface area contributed by atoms with Crippen LogP contribution in [-0.4, -0.2) is 34.6 Å². The molecule has 3 rings (SSSR count). The van der Waals surface area contributed by atoms with Gasteiger partial charge < -0.3 is 0 Å². The number of sulfonamides is 1. The number of pyridine rings is 2. The van der Waals surface area contributed by atoms with Crippen LogP contribution in [0.5, 0.6) is 0 Å². The molecule has 30 heavy (non-hydrogen) atoms. The highest BCUT2D eigenvalue weighted by Gasteiger charge is 2.12. The molecule has 0 amide bonds. The second-order valence-corrected chi connectivity index (χ2v) is 8.52. The standard InChI is InChI=1S/C22H23N5O2S/c1-5-18-12-17(9-10-23-18)22-19(20(6-2)25-14-26-22)8-7-16-11-21(15(3)24-13-16)27-30(4,28)29/h9-14,27H,5-6H2,1-4H3. The number of nitrogens with one attached hydrogen (secondary N) is 1. The predicted molar refractivity (Wildman–Crippen MR) is 117 cm³/mol. The Kier molecular flexibility index (Phi) is 6.43. The molecule has 8 heteroatoms. The summed E-state index contributed by atoms with van der Waals surface area (Å²) in [6.45, 7) is 5.80. The molecule has 0 unspecified atom stereocenters. The molecule has 0 saturated heterocycles. The van der Waals surface area contributed by atoms with Crippen LogP contribution in [0.2, 0.25) is 0 Å². The summed E-state index contributed by atoms with van der Waals surface area (Å²) in [5, 5.41) is 0. The van der Waals surface area contributed by atoms with Gasteiger partial charge in [0.15, 0.2) is 0 Å². The first kappa shape index (κ1) is 21.4. The highest BCUT2D eigenvalue weighted by molar-refractivity contribution is 7.92. The van der Waals surface area contributed by atoms with Gasteiger partial charge in [0.25, 0.3) is 0 Å². The van der Waals surface area contributed by atoms with Gasteiger partial charge in [-0.1, -0.05) is 25.7 Å². The third-order valence-corrected chi connectivity index (χ3v) is 5.02. The fourth-order valence-corrected chi connectivity index (χ4v) is 3.50. The summed E-state index contributed by atoms with van der Waals surface area (Å²) in [6.07, 6.45) is 7.57. The number of nitrogens with zero attached hydrogens (tertiary/aromatic N) is 4. The molecule has 0 saturated carbocycles. The average molecular weight is 422 g/mol. The molecule has 3 aromatic heterocycles. The molecule has 3 aromatic rings. The van der Waals surface area contributed by atoms with Gasteiger partial charge in [-0.3, -0.25) is 14.7 Å². The molecule has 7 nitrogen and oxygen atoms in total. The summed E-state index contributed by atoms with van der Waals surface area (Å²) in [5.74, 6) is 6.27. The minimum Gasteiger partial charge on any atom is -0.282 e. The van der Waals surface area contributed by atoms with Crippen LogP contribution in [0.25, 0.3) is 11.3 Å². The molecule has 0 aliphatic heterocycles. The minimum atomic E-state index is -3.41. The molecule has 0 atom stereocenters. The summed E-state index contributed by atoms with van der Waals surface area (Å²) in [6, 6.07) is 5.59. The monoisotopic (exact) mass is 421 g/mol. The fourth-order valence-electron chi connectivity index (χ4n) is 2.90. The largest absolute Gasteiger partial charge is 0.282 e. The number of anilines is 1. The molecule has 0 radical (unpaired) electrons. The zero-order valence-corrected chi connectivity index (χ0v) is 18.2. The molecule has 0 aliphatic rings. The highest BCUT2D eigenvalue weighted by Crippen LogP contribution is 2.23. The number of hydrogen-bond acceptors (Lipinski definition) is 6. The molecule has 0 spiro atoms. The first-order valence-electron chi connectivity index (χ1n) is 9.56. The van der Waals surface area contributed by atoms with E-state index in [1.807, 2.05) is 19.1 Å². The van der Waals surface area contributed by atoms with Gasteiger partial charge in [-0.2, -0.15) is 0 Å². The first-order chi connectivity index (χ1) is 14.3. The van der Waals surface area contributed by atoms with Gasteiger partial charge >= 0.3 is 0 Å². The molecule has 1 N–H and O–H groups in total. The Hall–Kier alpha value is -3.31. The molecule has 0 fully saturated rings. The maximum Gasteiger partial charge on any atom is 0.229 e. The Morgan fingerprint density at radius 1 is 1.03 bits per heavy atom. The van der Waals surface area contributed by atoms with E-state index in [2.05, 4.69) is 43.4 Å². The topological polar surface area (TPSA) is 97.7 Å². The lowest BCUT2D eigenvalue weighted by atomic mass is 10.0. The molecular weight excluding hydrogens is 398 g/mol. The second-order valence-electron chi connectivity index (χ2n) is 6.77. The van der Waals surface area contributed by atoms with Gasteiger partial charge in [0.05, 0.1) is 34.6 Å². The van der Waals surface area contributed by atoms with E-state index in [1.54, 1.807) is 31.7 Å². The zero-order chi connectivity index (χ0) is 21.7. The van der Waals surface area contributed by atoms with Crippen molar-refractivity contribution in [3.8, 4) is 23.1 Å². The summed E-state index contributed by atoms with van der Waals surface area (Å²) in [5.41, 5.74) is 5.82. The van der Waals surface area contributed by atoms with Crippen molar-refractivity contribution in [2.45, 2.75) is 33.6 Å². The molecule has 154 valence electrons. The smallest absolute Gasteiger partial charge is 0.229 e. The van der Waals surface area contributed by atoms with Gasteiger partial charge in [-0.05, 0) is 38.0 Å². The number of aryl methyl sites for hydroxylation is 3. The maximum absolute atomic E-state index is 11.6. The van der Waals surface area contributed by atoms with E-state index < -0.39 is 10.0 Å². The van der Waals surface area contributed by atoms with Crippen molar-refractivity contribution in [3.63, 3.8) is 0 Å². The van der Waals surface area contributed by atoms with Gasteiger partial charge in [-0.25, -0.2) is 18.4 Å². The number of rotatable bonds is 5. The zero-order valence-electron chi connectivity index (χ0n) is 17.4. The summed E-state index contributed by atoms with van der Waals surface area (Å²) in [7, 11) is -3.41. The Morgan fingerprint density at radius 3 is 2.53 bits per heavy atom. The van der Waals surface area contributed by atoms with Crippen LogP contribution < -0.4 is 4.72 Å². The van der Waals surface area contributed by atoms with Crippen molar-refractivity contribution in [1.29, 1.82) is 0 Å². The normalized spacial score (nSPS) is 10.9. The highest BCUT2D eigenvalue weighted by atomic mass is 32.2. The molecule has 3 heterocycles. The van der Waals surface area contributed by atoms with Crippen molar-refractivity contribution in [1.82, 2.24) is 19.9 Å². The lowest BCUT2D eigenvalue weighted by Gasteiger charge is -2.09. The van der Waals surface area contributed by atoms with E-state index in [4.69, 9.17) is 0 Å². The Balaban J connectivity index is 2.08. The van der Waals surface area contributed by atoms with E-state index in [1.165, 1.54) is 0 Å². The molecule has 0 aliphatic carbocycles. The van der Waals surface area contributed by atoms with Crippen LogP contribution >= 0.6 is 0 Å². The minimum absolute atomic E-state index is 0.409. The van der Waals surface area contributed by atoms with E-state index >= 15 is 0 Å². The average Bonchev–Trinajstić information content (AvgIpc) is 2.73. The van der Waals surface area contributed by atoms with Crippen molar-refractivity contribution in [2.75, 3.05) is 11.0 Å². The lowest BCUT2D eigenvalue weighted by Crippen LogP contribution is -2.11. The van der Waals surface area contributed by atoms with Crippen LogP contribution in [0.1, 0.15) is 42.1 Å². The van der Waals surface area contributed by atoms with Crippen molar-refractivity contribution < 1.29 is 8.42 Å². The van der Waals surface area contributed by atoms with Crippen LogP contribution in [0.3, 0.4) is 0 Å². The van der Waals surface area contributed by atoms with Crippen LogP contribution in [0.4, 0.5) is 5.69 Å². The van der Waals surface area contributed by atoms with Crippen LogP contribution in [0.15, 0.2) is 36.9 Å². The SMILES string of the molecule is CCc1cc(-c2ncnc(CC)c2C#Cc2cnc(C)c(NS(C)(=O)=O)c2)ccn1. The quantitative estimate of drug-likeness (QED) is 0.636. The lowest BCUT2D eigenvalue weighted by molar-refractivity contribution is 0.606. The third-order valence-electron chi connectivity index (χ3n) is 4.43. The van der Waals surface area contributed by atoms with Gasteiger partial charge in [0.1, 0.15) is 6.33 Å². The molecule has 0 bridgehead atoms.